The van der Waals surface area contributed by atoms with E-state index in [1.165, 1.54) is 12.1 Å². The maximum Gasteiger partial charge on any atom is 0.235 e. The zero-order valence-electron chi connectivity index (χ0n) is 13.0. The SMILES string of the molecule is COCC1(c2nc(COc3ccc(F)cc3)no2)CCNCC1. The summed E-state index contributed by atoms with van der Waals surface area (Å²) in [5.74, 6) is 1.33. The van der Waals surface area contributed by atoms with Gasteiger partial charge in [-0.05, 0) is 50.2 Å². The number of halogens is 1. The van der Waals surface area contributed by atoms with Gasteiger partial charge in [-0.15, -0.1) is 0 Å². The first kappa shape index (κ1) is 15.9. The fourth-order valence-electron chi connectivity index (χ4n) is 2.81. The molecule has 0 radical (unpaired) electrons. The number of rotatable bonds is 6. The number of benzene rings is 1. The van der Waals surface area contributed by atoms with Gasteiger partial charge in [0.1, 0.15) is 11.6 Å². The van der Waals surface area contributed by atoms with E-state index in [9.17, 15) is 4.39 Å². The molecule has 0 aliphatic carbocycles. The van der Waals surface area contributed by atoms with Crippen molar-refractivity contribution in [2.45, 2.75) is 24.9 Å². The summed E-state index contributed by atoms with van der Waals surface area (Å²) in [6, 6.07) is 5.82. The van der Waals surface area contributed by atoms with Crippen molar-refractivity contribution in [3.63, 3.8) is 0 Å². The van der Waals surface area contributed by atoms with Crippen LogP contribution in [0.25, 0.3) is 0 Å². The van der Waals surface area contributed by atoms with Gasteiger partial charge in [-0.25, -0.2) is 4.39 Å². The van der Waals surface area contributed by atoms with Crippen LogP contribution < -0.4 is 10.1 Å². The van der Waals surface area contributed by atoms with Crippen LogP contribution in [0.5, 0.6) is 5.75 Å². The lowest BCUT2D eigenvalue weighted by atomic mass is 9.79. The summed E-state index contributed by atoms with van der Waals surface area (Å²) < 4.78 is 29.2. The highest BCUT2D eigenvalue weighted by Crippen LogP contribution is 2.32. The van der Waals surface area contributed by atoms with Crippen LogP contribution in [0.3, 0.4) is 0 Å². The molecule has 2 aromatic rings. The molecule has 0 bridgehead atoms. The molecular formula is C16H20FN3O3. The summed E-state index contributed by atoms with van der Waals surface area (Å²) in [6.45, 7) is 2.52. The Morgan fingerprint density at radius 3 is 2.70 bits per heavy atom. The third-order valence-corrected chi connectivity index (χ3v) is 4.08. The number of methoxy groups -OCH3 is 1. The first-order valence-corrected chi connectivity index (χ1v) is 7.63. The molecule has 23 heavy (non-hydrogen) atoms. The average Bonchev–Trinajstić information content (AvgIpc) is 3.05. The number of hydrogen-bond acceptors (Lipinski definition) is 6. The van der Waals surface area contributed by atoms with Gasteiger partial charge in [-0.2, -0.15) is 4.98 Å². The van der Waals surface area contributed by atoms with Crippen LogP contribution in [0.4, 0.5) is 4.39 Å². The molecule has 1 fully saturated rings. The maximum absolute atomic E-state index is 12.9. The van der Waals surface area contributed by atoms with Gasteiger partial charge in [0.25, 0.3) is 0 Å². The normalized spacial score (nSPS) is 17.1. The molecule has 0 amide bonds. The first-order chi connectivity index (χ1) is 11.2. The van der Waals surface area contributed by atoms with E-state index >= 15 is 0 Å². The summed E-state index contributed by atoms with van der Waals surface area (Å²) >= 11 is 0. The summed E-state index contributed by atoms with van der Waals surface area (Å²) in [4.78, 5) is 4.47. The van der Waals surface area contributed by atoms with Crippen LogP contribution in [0, 0.1) is 5.82 Å². The summed E-state index contributed by atoms with van der Waals surface area (Å²) in [5.41, 5.74) is -0.235. The second-order valence-electron chi connectivity index (χ2n) is 5.72. The molecule has 0 atom stereocenters. The van der Waals surface area contributed by atoms with Crippen molar-refractivity contribution in [3.05, 3.63) is 41.8 Å². The predicted octanol–water partition coefficient (Wildman–Crippen LogP) is 2.06. The quantitative estimate of drug-likeness (QED) is 0.878. The molecule has 0 unspecified atom stereocenters. The zero-order valence-corrected chi connectivity index (χ0v) is 13.0. The Labute approximate surface area is 134 Å². The molecule has 0 saturated carbocycles. The van der Waals surface area contributed by atoms with Crippen molar-refractivity contribution in [3.8, 4) is 5.75 Å². The summed E-state index contributed by atoms with van der Waals surface area (Å²) in [7, 11) is 1.68. The fraction of sp³-hybridized carbons (Fsp3) is 0.500. The van der Waals surface area contributed by atoms with Crippen molar-refractivity contribution in [2.24, 2.45) is 0 Å². The highest BCUT2D eigenvalue weighted by Gasteiger charge is 2.39. The standard InChI is InChI=1S/C16H20FN3O3/c1-21-11-16(6-8-18-9-7-16)15-19-14(20-23-15)10-22-13-4-2-12(17)3-5-13/h2-5,18H,6-11H2,1H3. The van der Waals surface area contributed by atoms with Crippen molar-refractivity contribution in [1.29, 1.82) is 0 Å². The highest BCUT2D eigenvalue weighted by molar-refractivity contribution is 5.22. The summed E-state index contributed by atoms with van der Waals surface area (Å²) in [5, 5.41) is 7.32. The minimum atomic E-state index is -0.299. The van der Waals surface area contributed by atoms with E-state index in [-0.39, 0.29) is 17.8 Å². The Hall–Kier alpha value is -1.99. The Balaban J connectivity index is 1.67. The second-order valence-corrected chi connectivity index (χ2v) is 5.72. The lowest BCUT2D eigenvalue weighted by molar-refractivity contribution is 0.0849. The van der Waals surface area contributed by atoms with E-state index < -0.39 is 0 Å². The minimum absolute atomic E-state index is 0.177. The van der Waals surface area contributed by atoms with E-state index in [0.717, 1.165) is 25.9 Å². The van der Waals surface area contributed by atoms with Crippen LogP contribution in [0.1, 0.15) is 24.6 Å². The van der Waals surface area contributed by atoms with Gasteiger partial charge in [0.15, 0.2) is 6.61 Å². The smallest absolute Gasteiger partial charge is 0.235 e. The molecule has 1 aliphatic heterocycles. The van der Waals surface area contributed by atoms with Gasteiger partial charge in [0, 0.05) is 7.11 Å². The number of nitrogens with one attached hydrogen (secondary N) is 1. The second kappa shape index (κ2) is 7.06. The van der Waals surface area contributed by atoms with Gasteiger partial charge < -0.3 is 19.3 Å². The average molecular weight is 321 g/mol. The molecule has 0 spiro atoms. The van der Waals surface area contributed by atoms with Crippen LogP contribution in [0.2, 0.25) is 0 Å². The predicted molar refractivity (Wildman–Crippen MR) is 80.7 cm³/mol. The number of aromatic nitrogens is 2. The Kier molecular flexibility index (Phi) is 4.88. The third kappa shape index (κ3) is 3.68. The molecule has 6 nitrogen and oxygen atoms in total. The molecule has 1 N–H and O–H groups in total. The van der Waals surface area contributed by atoms with Gasteiger partial charge in [0.2, 0.25) is 11.7 Å². The van der Waals surface area contributed by atoms with E-state index in [2.05, 4.69) is 15.5 Å². The molecular weight excluding hydrogens is 301 g/mol. The first-order valence-electron chi connectivity index (χ1n) is 7.63. The molecule has 2 heterocycles. The van der Waals surface area contributed by atoms with Crippen molar-refractivity contribution < 1.29 is 18.4 Å². The third-order valence-electron chi connectivity index (χ3n) is 4.08. The maximum atomic E-state index is 12.9. The lowest BCUT2D eigenvalue weighted by Crippen LogP contribution is -2.43. The van der Waals surface area contributed by atoms with Gasteiger partial charge in [-0.1, -0.05) is 5.16 Å². The lowest BCUT2D eigenvalue weighted by Gasteiger charge is -2.33. The fourth-order valence-corrected chi connectivity index (χ4v) is 2.81. The van der Waals surface area contributed by atoms with E-state index in [1.54, 1.807) is 19.2 Å². The number of piperidine rings is 1. The van der Waals surface area contributed by atoms with Crippen molar-refractivity contribution in [2.75, 3.05) is 26.8 Å². The summed E-state index contributed by atoms with van der Waals surface area (Å²) in [6.07, 6.45) is 1.78. The van der Waals surface area contributed by atoms with Gasteiger partial charge in [-0.3, -0.25) is 0 Å². The Morgan fingerprint density at radius 2 is 2.00 bits per heavy atom. The largest absolute Gasteiger partial charge is 0.485 e. The van der Waals surface area contributed by atoms with Gasteiger partial charge in [0.05, 0.1) is 12.0 Å². The molecule has 1 aliphatic rings. The van der Waals surface area contributed by atoms with Crippen LogP contribution in [-0.4, -0.2) is 36.9 Å². The van der Waals surface area contributed by atoms with Crippen molar-refractivity contribution in [1.82, 2.24) is 15.5 Å². The van der Waals surface area contributed by atoms with Gasteiger partial charge >= 0.3 is 0 Å². The zero-order chi connectivity index (χ0) is 16.1. The molecule has 1 aromatic heterocycles. The molecule has 7 heteroatoms. The van der Waals surface area contributed by atoms with Crippen LogP contribution in [-0.2, 0) is 16.8 Å². The molecule has 1 saturated heterocycles. The Bertz CT molecular complexity index is 618. The number of ether oxygens (including phenoxy) is 2. The van der Waals surface area contributed by atoms with Crippen molar-refractivity contribution >= 4 is 0 Å². The number of nitrogens with zero attached hydrogens (tertiary/aromatic N) is 2. The van der Waals surface area contributed by atoms with Crippen LogP contribution in [0.15, 0.2) is 28.8 Å². The molecule has 3 rings (SSSR count). The molecule has 124 valence electrons. The van der Waals surface area contributed by atoms with E-state index in [4.69, 9.17) is 14.0 Å². The molecule has 1 aromatic carbocycles. The Morgan fingerprint density at radius 1 is 1.26 bits per heavy atom. The van der Waals surface area contributed by atoms with E-state index in [0.29, 0.717) is 24.1 Å². The number of hydrogen-bond donors (Lipinski definition) is 1. The topological polar surface area (TPSA) is 69.4 Å². The highest BCUT2D eigenvalue weighted by atomic mass is 19.1. The van der Waals surface area contributed by atoms with Crippen LogP contribution >= 0.6 is 0 Å². The minimum Gasteiger partial charge on any atom is -0.485 e. The monoisotopic (exact) mass is 321 g/mol. The van der Waals surface area contributed by atoms with E-state index in [1.807, 2.05) is 0 Å².